The zero-order valence-corrected chi connectivity index (χ0v) is 20.7. The van der Waals surface area contributed by atoms with E-state index in [4.69, 9.17) is 0 Å². The summed E-state index contributed by atoms with van der Waals surface area (Å²) in [6.07, 6.45) is -7.58. The Balaban J connectivity index is 1.90. The first-order valence-electron chi connectivity index (χ1n) is 11.4. The molecule has 1 aliphatic rings. The minimum absolute atomic E-state index is 0.101. The van der Waals surface area contributed by atoms with Crippen LogP contribution in [0.15, 0.2) is 42.6 Å². The molecule has 0 aliphatic heterocycles. The van der Waals surface area contributed by atoms with E-state index in [9.17, 15) is 39.9 Å². The number of nitrogens with zero attached hydrogens (tertiary/aromatic N) is 2. The van der Waals surface area contributed by atoms with Gasteiger partial charge in [-0.2, -0.15) is 31.1 Å². The largest absolute Gasteiger partial charge is 0.417 e. The number of aliphatic hydroxyl groups is 1. The molecule has 0 spiro atoms. The second kappa shape index (κ2) is 9.28. The number of alkyl halides is 6. The maximum Gasteiger partial charge on any atom is 0.417 e. The summed E-state index contributed by atoms with van der Waals surface area (Å²) in [5, 5.41) is 9.32. The standard InChI is InChI=1S/C24H25F6N3O3S/c1-22(2,34)13-33-12-17(20(24(28,29)30)32-37(35,36)14-6-5-7-14)15-10-11-19(31-21(15)33)16-8-3-4-9-18(16)23(25,26)27/h3-4,8-12,14,20,32,34H,5-7,13H2,1-2H3/t20-/m0/s1. The fraction of sp³-hybridized carbons (Fsp3) is 0.458. The van der Waals surface area contributed by atoms with E-state index in [1.807, 2.05) is 0 Å². The highest BCUT2D eigenvalue weighted by Crippen LogP contribution is 2.41. The minimum atomic E-state index is -5.02. The lowest BCUT2D eigenvalue weighted by atomic mass is 10.0. The molecule has 1 saturated carbocycles. The third-order valence-corrected chi connectivity index (χ3v) is 8.14. The normalized spacial score (nSPS) is 16.7. The fourth-order valence-electron chi connectivity index (χ4n) is 4.31. The molecule has 1 aromatic carbocycles. The molecule has 2 heterocycles. The van der Waals surface area contributed by atoms with Crippen molar-refractivity contribution in [2.45, 2.75) is 68.9 Å². The van der Waals surface area contributed by atoms with Gasteiger partial charge in [0, 0.05) is 22.7 Å². The summed E-state index contributed by atoms with van der Waals surface area (Å²) in [6.45, 7) is 2.56. The maximum absolute atomic E-state index is 14.2. The summed E-state index contributed by atoms with van der Waals surface area (Å²) < 4.78 is 112. The smallest absolute Gasteiger partial charge is 0.389 e. The van der Waals surface area contributed by atoms with E-state index in [0.29, 0.717) is 6.42 Å². The van der Waals surface area contributed by atoms with Gasteiger partial charge in [-0.25, -0.2) is 13.4 Å². The van der Waals surface area contributed by atoms with Crippen molar-refractivity contribution in [3.8, 4) is 11.3 Å². The second-order valence-corrected chi connectivity index (χ2v) is 11.8. The molecule has 202 valence electrons. The van der Waals surface area contributed by atoms with E-state index in [2.05, 4.69) is 4.98 Å². The van der Waals surface area contributed by atoms with Crippen molar-refractivity contribution in [1.82, 2.24) is 14.3 Å². The summed E-state index contributed by atoms with van der Waals surface area (Å²) in [4.78, 5) is 4.26. The molecule has 0 amide bonds. The van der Waals surface area contributed by atoms with Crippen LogP contribution in [0.2, 0.25) is 0 Å². The number of benzene rings is 1. The van der Waals surface area contributed by atoms with Crippen molar-refractivity contribution in [2.75, 3.05) is 0 Å². The van der Waals surface area contributed by atoms with E-state index in [-0.39, 0.29) is 41.7 Å². The lowest BCUT2D eigenvalue weighted by Gasteiger charge is -2.29. The minimum Gasteiger partial charge on any atom is -0.389 e. The van der Waals surface area contributed by atoms with Gasteiger partial charge in [-0.3, -0.25) is 0 Å². The Hall–Kier alpha value is -2.64. The van der Waals surface area contributed by atoms with Crippen LogP contribution in [0.1, 0.15) is 50.3 Å². The summed E-state index contributed by atoms with van der Waals surface area (Å²) in [5.74, 6) is 0. The van der Waals surface area contributed by atoms with Gasteiger partial charge < -0.3 is 9.67 Å². The van der Waals surface area contributed by atoms with E-state index in [0.717, 1.165) is 12.3 Å². The predicted octanol–water partition coefficient (Wildman–Crippen LogP) is 5.57. The highest BCUT2D eigenvalue weighted by Gasteiger charge is 2.47. The van der Waals surface area contributed by atoms with Crippen molar-refractivity contribution < 1.29 is 39.9 Å². The van der Waals surface area contributed by atoms with E-state index >= 15 is 0 Å². The van der Waals surface area contributed by atoms with E-state index in [1.165, 1.54) is 48.7 Å². The van der Waals surface area contributed by atoms with Crippen LogP contribution in [0, 0.1) is 0 Å². The molecular formula is C24H25F6N3O3S. The molecule has 2 aromatic heterocycles. The lowest BCUT2D eigenvalue weighted by molar-refractivity contribution is -0.152. The van der Waals surface area contributed by atoms with Crippen molar-refractivity contribution in [3.63, 3.8) is 0 Å². The van der Waals surface area contributed by atoms with Crippen molar-refractivity contribution >= 4 is 21.1 Å². The molecule has 1 fully saturated rings. The van der Waals surface area contributed by atoms with Crippen molar-refractivity contribution in [3.05, 3.63) is 53.7 Å². The van der Waals surface area contributed by atoms with Gasteiger partial charge in [0.1, 0.15) is 11.7 Å². The highest BCUT2D eigenvalue weighted by atomic mass is 32.2. The van der Waals surface area contributed by atoms with Crippen LogP contribution in [-0.2, 0) is 22.7 Å². The summed E-state index contributed by atoms with van der Waals surface area (Å²) in [5.41, 5.74) is -3.39. The number of pyridine rings is 1. The zero-order chi connectivity index (χ0) is 27.4. The lowest BCUT2D eigenvalue weighted by Crippen LogP contribution is -2.44. The number of halogens is 6. The number of aromatic nitrogens is 2. The Labute approximate surface area is 209 Å². The topological polar surface area (TPSA) is 84.2 Å². The first-order chi connectivity index (χ1) is 17.0. The van der Waals surface area contributed by atoms with Gasteiger partial charge in [0.15, 0.2) is 0 Å². The number of hydrogen-bond acceptors (Lipinski definition) is 4. The van der Waals surface area contributed by atoms with Crippen LogP contribution < -0.4 is 4.72 Å². The number of nitrogens with one attached hydrogen (secondary N) is 1. The molecule has 1 aliphatic carbocycles. The molecule has 2 N–H and O–H groups in total. The molecule has 0 bridgehead atoms. The molecule has 3 aromatic rings. The molecule has 4 rings (SSSR count). The van der Waals surface area contributed by atoms with Gasteiger partial charge in [0.25, 0.3) is 0 Å². The number of sulfonamides is 1. The van der Waals surface area contributed by atoms with E-state index < -0.39 is 50.4 Å². The fourth-order valence-corrected chi connectivity index (χ4v) is 6.05. The summed E-state index contributed by atoms with van der Waals surface area (Å²) >= 11 is 0. The number of fused-ring (bicyclic) bond motifs is 1. The monoisotopic (exact) mass is 549 g/mol. The van der Waals surface area contributed by atoms with Crippen LogP contribution in [0.5, 0.6) is 0 Å². The van der Waals surface area contributed by atoms with Gasteiger partial charge in [-0.1, -0.05) is 24.6 Å². The zero-order valence-electron chi connectivity index (χ0n) is 19.9. The number of rotatable bonds is 7. The molecule has 0 radical (unpaired) electrons. The molecule has 1 atom stereocenters. The van der Waals surface area contributed by atoms with Crippen LogP contribution in [0.25, 0.3) is 22.3 Å². The molecule has 37 heavy (non-hydrogen) atoms. The van der Waals surface area contributed by atoms with Gasteiger partial charge in [-0.05, 0) is 44.9 Å². The average Bonchev–Trinajstić information content (AvgIpc) is 3.04. The quantitative estimate of drug-likeness (QED) is 0.378. The van der Waals surface area contributed by atoms with E-state index in [1.54, 1.807) is 4.72 Å². The van der Waals surface area contributed by atoms with Crippen LogP contribution in [0.3, 0.4) is 0 Å². The van der Waals surface area contributed by atoms with Gasteiger partial charge in [-0.15, -0.1) is 0 Å². The Bertz CT molecular complexity index is 1400. The molecular weight excluding hydrogens is 524 g/mol. The SMILES string of the molecule is CC(C)(O)Cn1cc([C@H](NS(=O)(=O)C2CCC2)C(F)(F)F)c2ccc(-c3ccccc3C(F)(F)F)nc21. The summed E-state index contributed by atoms with van der Waals surface area (Å²) in [6, 6.07) is 4.41. The molecule has 0 saturated heterocycles. The van der Waals surface area contributed by atoms with Crippen molar-refractivity contribution in [2.24, 2.45) is 0 Å². The van der Waals surface area contributed by atoms with Crippen LogP contribution in [0.4, 0.5) is 26.3 Å². The molecule has 6 nitrogen and oxygen atoms in total. The third-order valence-electron chi connectivity index (χ3n) is 6.23. The Kier molecular flexibility index (Phi) is 6.87. The highest BCUT2D eigenvalue weighted by molar-refractivity contribution is 7.90. The van der Waals surface area contributed by atoms with Gasteiger partial charge >= 0.3 is 12.4 Å². The Morgan fingerprint density at radius 1 is 1.08 bits per heavy atom. The Morgan fingerprint density at radius 3 is 2.27 bits per heavy atom. The van der Waals surface area contributed by atoms with Gasteiger partial charge in [0.05, 0.1) is 28.7 Å². The Morgan fingerprint density at radius 2 is 1.73 bits per heavy atom. The van der Waals surface area contributed by atoms with Crippen molar-refractivity contribution in [1.29, 1.82) is 0 Å². The third kappa shape index (κ3) is 5.78. The molecule has 0 unspecified atom stereocenters. The number of hydrogen-bond donors (Lipinski definition) is 2. The summed E-state index contributed by atoms with van der Waals surface area (Å²) in [7, 11) is -4.30. The predicted molar refractivity (Wildman–Crippen MR) is 125 cm³/mol. The first kappa shape index (κ1) is 27.4. The average molecular weight is 550 g/mol. The van der Waals surface area contributed by atoms with Crippen LogP contribution in [-0.4, -0.2) is 40.1 Å². The maximum atomic E-state index is 14.2. The van der Waals surface area contributed by atoms with Gasteiger partial charge in [0.2, 0.25) is 10.0 Å². The van der Waals surface area contributed by atoms with Crippen LogP contribution >= 0.6 is 0 Å². The second-order valence-electron chi connectivity index (χ2n) is 9.83. The molecule has 13 heteroatoms. The first-order valence-corrected chi connectivity index (χ1v) is 13.0.